The molecule has 2 N–H and O–H groups in total. The molecule has 47 heavy (non-hydrogen) atoms. The molecule has 4 aromatic rings. The standard InChI is InChI=1S/C39H42N2O6/c1-7-28-24(3)34(38(42)46-22-26-16-11-9-12-17-26)40-36(28)33(32-30(44-5)20-15-21-31(32)45-6)37-29(8-2)25(4)35(41-37)39(43)47-23-27-18-13-10-14-19-27/h9-21,34,40-41H,7-8,22-23H2,1-6H3/b36-33-. The molecule has 0 aliphatic carbocycles. The van der Waals surface area contributed by atoms with E-state index in [1.807, 2.05) is 99.6 Å². The minimum absolute atomic E-state index is 0.152. The fourth-order valence-corrected chi connectivity index (χ4v) is 6.20. The quantitative estimate of drug-likeness (QED) is 0.156. The van der Waals surface area contributed by atoms with Gasteiger partial charge in [-0.3, -0.25) is 0 Å². The molecule has 1 atom stereocenters. The van der Waals surface area contributed by atoms with E-state index in [4.69, 9.17) is 18.9 Å². The predicted octanol–water partition coefficient (Wildman–Crippen LogP) is 7.46. The van der Waals surface area contributed by atoms with Crippen molar-refractivity contribution in [3.05, 3.63) is 135 Å². The van der Waals surface area contributed by atoms with Gasteiger partial charge in [0, 0.05) is 11.3 Å². The molecule has 244 valence electrons. The molecule has 1 unspecified atom stereocenters. The molecule has 2 heterocycles. The van der Waals surface area contributed by atoms with Crippen LogP contribution < -0.4 is 14.8 Å². The number of aromatic nitrogens is 1. The maximum atomic E-state index is 13.6. The van der Waals surface area contributed by atoms with Gasteiger partial charge in [0.05, 0.1) is 25.5 Å². The second kappa shape index (κ2) is 14.9. The van der Waals surface area contributed by atoms with Crippen molar-refractivity contribution >= 4 is 17.5 Å². The van der Waals surface area contributed by atoms with Gasteiger partial charge >= 0.3 is 11.9 Å². The van der Waals surface area contributed by atoms with Gasteiger partial charge in [0.25, 0.3) is 0 Å². The van der Waals surface area contributed by atoms with Gasteiger partial charge in [-0.2, -0.15) is 0 Å². The molecule has 8 nitrogen and oxygen atoms in total. The topological polar surface area (TPSA) is 98.9 Å². The van der Waals surface area contributed by atoms with Crippen LogP contribution in [0.5, 0.6) is 11.5 Å². The molecule has 0 amide bonds. The lowest BCUT2D eigenvalue weighted by molar-refractivity contribution is -0.146. The average molecular weight is 635 g/mol. The molecule has 0 spiro atoms. The number of esters is 2. The third-order valence-corrected chi connectivity index (χ3v) is 8.64. The lowest BCUT2D eigenvalue weighted by Gasteiger charge is -2.21. The van der Waals surface area contributed by atoms with Gasteiger partial charge in [-0.25, -0.2) is 9.59 Å². The second-order valence-electron chi connectivity index (χ2n) is 11.4. The summed E-state index contributed by atoms with van der Waals surface area (Å²) < 4.78 is 23.3. The number of aromatic amines is 1. The first-order valence-electron chi connectivity index (χ1n) is 15.9. The highest BCUT2D eigenvalue weighted by Crippen LogP contribution is 2.45. The van der Waals surface area contributed by atoms with Gasteiger partial charge in [0.2, 0.25) is 0 Å². The molecule has 0 fully saturated rings. The van der Waals surface area contributed by atoms with Crippen molar-refractivity contribution in [3.8, 4) is 11.5 Å². The summed E-state index contributed by atoms with van der Waals surface area (Å²) >= 11 is 0. The van der Waals surface area contributed by atoms with Crippen LogP contribution in [0.3, 0.4) is 0 Å². The Kier molecular flexibility index (Phi) is 10.5. The summed E-state index contributed by atoms with van der Waals surface area (Å²) in [5.41, 5.74) is 8.65. The van der Waals surface area contributed by atoms with Crippen LogP contribution in [0, 0.1) is 6.92 Å². The minimum Gasteiger partial charge on any atom is -0.496 e. The molecule has 1 aliphatic heterocycles. The lowest BCUT2D eigenvalue weighted by Crippen LogP contribution is -2.34. The highest BCUT2D eigenvalue weighted by Gasteiger charge is 2.36. The summed E-state index contributed by atoms with van der Waals surface area (Å²) in [5, 5.41) is 3.52. The Hall–Kier alpha value is -5.24. The van der Waals surface area contributed by atoms with Crippen LogP contribution in [0.4, 0.5) is 0 Å². The Morgan fingerprint density at radius 1 is 0.723 bits per heavy atom. The number of hydrogen-bond acceptors (Lipinski definition) is 7. The van der Waals surface area contributed by atoms with Gasteiger partial charge < -0.3 is 29.2 Å². The molecule has 0 saturated heterocycles. The van der Waals surface area contributed by atoms with Gasteiger partial charge in [0.1, 0.15) is 36.4 Å². The monoisotopic (exact) mass is 634 g/mol. The van der Waals surface area contributed by atoms with E-state index in [2.05, 4.69) is 17.2 Å². The van der Waals surface area contributed by atoms with Crippen LogP contribution in [0.1, 0.15) is 71.2 Å². The Morgan fingerprint density at radius 3 is 1.83 bits per heavy atom. The molecular formula is C39H42N2O6. The van der Waals surface area contributed by atoms with E-state index in [9.17, 15) is 9.59 Å². The normalized spacial score (nSPS) is 15.2. The van der Waals surface area contributed by atoms with E-state index in [-0.39, 0.29) is 19.2 Å². The van der Waals surface area contributed by atoms with Crippen molar-refractivity contribution in [2.75, 3.05) is 14.2 Å². The number of hydrogen-bond donors (Lipinski definition) is 2. The number of ether oxygens (including phenoxy) is 4. The molecule has 3 aromatic carbocycles. The van der Waals surface area contributed by atoms with Crippen molar-refractivity contribution < 1.29 is 28.5 Å². The Bertz CT molecular complexity index is 1780. The van der Waals surface area contributed by atoms with Crippen LogP contribution in [-0.4, -0.2) is 37.2 Å². The number of nitrogens with one attached hydrogen (secondary N) is 2. The smallest absolute Gasteiger partial charge is 0.355 e. The fourth-order valence-electron chi connectivity index (χ4n) is 6.20. The first-order chi connectivity index (χ1) is 22.8. The van der Waals surface area contributed by atoms with Crippen LogP contribution in [-0.2, 0) is 33.9 Å². The van der Waals surface area contributed by atoms with Crippen LogP contribution >= 0.6 is 0 Å². The van der Waals surface area contributed by atoms with E-state index >= 15 is 0 Å². The number of allylic oxidation sites excluding steroid dienone is 1. The molecular weight excluding hydrogens is 592 g/mol. The largest absolute Gasteiger partial charge is 0.496 e. The molecule has 0 saturated carbocycles. The lowest BCUT2D eigenvalue weighted by atomic mass is 9.91. The number of benzene rings is 3. The molecule has 0 radical (unpaired) electrons. The summed E-state index contributed by atoms with van der Waals surface area (Å²) in [6, 6.07) is 24.1. The average Bonchev–Trinajstić information content (AvgIpc) is 3.62. The molecule has 1 aliphatic rings. The van der Waals surface area contributed by atoms with E-state index in [0.717, 1.165) is 50.4 Å². The molecule has 8 heteroatoms. The number of rotatable bonds is 12. The summed E-state index contributed by atoms with van der Waals surface area (Å²) in [7, 11) is 3.22. The summed E-state index contributed by atoms with van der Waals surface area (Å²) in [6.45, 7) is 8.31. The SMILES string of the molecule is CCC1=C(C)C(C(=O)OCc2ccccc2)N/C1=C(\c1[nH]c(C(=O)OCc2ccccc2)c(C)c1CC)c1c(OC)cccc1OC. The first-order valence-corrected chi connectivity index (χ1v) is 15.9. The fraction of sp³-hybridized carbons (Fsp3) is 0.282. The van der Waals surface area contributed by atoms with Crippen LogP contribution in [0.15, 0.2) is 95.7 Å². The van der Waals surface area contributed by atoms with Crippen molar-refractivity contribution in [1.82, 2.24) is 10.3 Å². The van der Waals surface area contributed by atoms with Crippen molar-refractivity contribution in [1.29, 1.82) is 0 Å². The third kappa shape index (κ3) is 6.82. The summed E-state index contributed by atoms with van der Waals surface area (Å²) in [5.74, 6) is 0.341. The number of methoxy groups -OCH3 is 2. The number of carbonyl (C=O) groups excluding carboxylic acids is 2. The highest BCUT2D eigenvalue weighted by molar-refractivity contribution is 5.96. The zero-order chi connectivity index (χ0) is 33.5. The first kappa shape index (κ1) is 33.1. The highest BCUT2D eigenvalue weighted by atomic mass is 16.5. The van der Waals surface area contributed by atoms with Crippen LogP contribution in [0.25, 0.3) is 5.57 Å². The van der Waals surface area contributed by atoms with Crippen molar-refractivity contribution in [3.63, 3.8) is 0 Å². The van der Waals surface area contributed by atoms with Crippen LogP contribution in [0.2, 0.25) is 0 Å². The number of H-pyrrole nitrogens is 1. The van der Waals surface area contributed by atoms with E-state index < -0.39 is 12.0 Å². The Morgan fingerprint density at radius 2 is 1.30 bits per heavy atom. The van der Waals surface area contributed by atoms with Gasteiger partial charge in [-0.05, 0) is 72.2 Å². The zero-order valence-corrected chi connectivity index (χ0v) is 27.9. The Balaban J connectivity index is 1.64. The van der Waals surface area contributed by atoms with Gasteiger partial charge in [-0.15, -0.1) is 0 Å². The van der Waals surface area contributed by atoms with Crippen molar-refractivity contribution in [2.24, 2.45) is 0 Å². The second-order valence-corrected chi connectivity index (χ2v) is 11.4. The van der Waals surface area contributed by atoms with E-state index in [1.54, 1.807) is 14.2 Å². The summed E-state index contributed by atoms with van der Waals surface area (Å²) in [6.07, 6.45) is 1.27. The molecule has 5 rings (SSSR count). The molecule has 0 bridgehead atoms. The minimum atomic E-state index is -0.698. The summed E-state index contributed by atoms with van der Waals surface area (Å²) in [4.78, 5) is 30.6. The van der Waals surface area contributed by atoms with Gasteiger partial charge in [-0.1, -0.05) is 80.6 Å². The zero-order valence-electron chi connectivity index (χ0n) is 27.9. The van der Waals surface area contributed by atoms with Crippen molar-refractivity contribution in [2.45, 2.75) is 59.8 Å². The molecule has 1 aromatic heterocycles. The van der Waals surface area contributed by atoms with Gasteiger partial charge in [0.15, 0.2) is 0 Å². The third-order valence-electron chi connectivity index (χ3n) is 8.64. The number of carbonyl (C=O) groups is 2. The van der Waals surface area contributed by atoms with E-state index in [1.165, 1.54) is 0 Å². The van der Waals surface area contributed by atoms with E-state index in [0.29, 0.717) is 35.6 Å². The predicted molar refractivity (Wildman–Crippen MR) is 182 cm³/mol. The maximum absolute atomic E-state index is 13.6. The Labute approximate surface area is 276 Å². The maximum Gasteiger partial charge on any atom is 0.355 e.